The van der Waals surface area contributed by atoms with Gasteiger partial charge in [-0.05, 0) is 13.0 Å². The molecule has 0 bridgehead atoms. The topological polar surface area (TPSA) is 77.2 Å². The lowest BCUT2D eigenvalue weighted by atomic mass is 10.4. The molecular weight excluding hydrogens is 265 g/mol. The predicted octanol–water partition coefficient (Wildman–Crippen LogP) is 1.02. The molecule has 1 heterocycles. The van der Waals surface area contributed by atoms with Crippen molar-refractivity contribution < 1.29 is 9.90 Å². The van der Waals surface area contributed by atoms with Gasteiger partial charge in [-0.1, -0.05) is 23.2 Å². The van der Waals surface area contributed by atoms with Crippen molar-refractivity contribution in [1.82, 2.24) is 15.6 Å². The van der Waals surface area contributed by atoms with Crippen LogP contribution in [0.2, 0.25) is 10.2 Å². The van der Waals surface area contributed by atoms with Gasteiger partial charge in [0.2, 0.25) is 0 Å². The Labute approximate surface area is 109 Å². The fourth-order valence-electron chi connectivity index (χ4n) is 1.20. The zero-order valence-corrected chi connectivity index (χ0v) is 10.9. The van der Waals surface area contributed by atoms with Crippen LogP contribution in [0.15, 0.2) is 6.07 Å². The Bertz CT molecular complexity index is 360. The largest absolute Gasteiger partial charge is 0.392 e. The number of nitrogens with one attached hydrogen (secondary N) is 3. The normalized spacial score (nSPS) is 12.5. The summed E-state index contributed by atoms with van der Waals surface area (Å²) in [4.78, 5) is 14.2. The maximum Gasteiger partial charge on any atom is 0.267 e. The Kier molecular flexibility index (Phi) is 5.77. The van der Waals surface area contributed by atoms with E-state index >= 15 is 0 Å². The molecule has 0 saturated heterocycles. The maximum absolute atomic E-state index is 11.6. The van der Waals surface area contributed by atoms with Crippen molar-refractivity contribution in [3.8, 4) is 0 Å². The van der Waals surface area contributed by atoms with Crippen LogP contribution in [-0.4, -0.2) is 41.7 Å². The third-order valence-electron chi connectivity index (χ3n) is 2.00. The van der Waals surface area contributed by atoms with E-state index in [9.17, 15) is 4.79 Å². The molecule has 0 fully saturated rings. The molecule has 0 aromatic carbocycles. The van der Waals surface area contributed by atoms with E-state index in [-0.39, 0.29) is 11.1 Å². The first kappa shape index (κ1) is 14.3. The number of carbonyl (C=O) groups is 1. The van der Waals surface area contributed by atoms with Gasteiger partial charge in [0.05, 0.1) is 11.1 Å². The summed E-state index contributed by atoms with van der Waals surface area (Å²) in [5, 5.41) is 15.2. The molecule has 7 heteroatoms. The Balaban J connectivity index is 2.26. The number of hydrogen-bond acceptors (Lipinski definition) is 3. The summed E-state index contributed by atoms with van der Waals surface area (Å²) in [5.74, 6) is -0.266. The quantitative estimate of drug-likeness (QED) is 0.588. The second-order valence-corrected chi connectivity index (χ2v) is 4.44. The van der Waals surface area contributed by atoms with Crippen LogP contribution in [0.25, 0.3) is 0 Å². The summed E-state index contributed by atoms with van der Waals surface area (Å²) in [6, 6.07) is 1.47. The van der Waals surface area contributed by atoms with E-state index in [1.54, 1.807) is 6.92 Å². The van der Waals surface area contributed by atoms with E-state index in [1.807, 2.05) is 0 Å². The summed E-state index contributed by atoms with van der Waals surface area (Å²) in [5.41, 5.74) is 0.329. The lowest BCUT2D eigenvalue weighted by Crippen LogP contribution is -2.34. The van der Waals surface area contributed by atoms with Gasteiger partial charge in [-0.2, -0.15) is 0 Å². The molecule has 0 aliphatic rings. The molecule has 0 aliphatic carbocycles. The zero-order valence-electron chi connectivity index (χ0n) is 9.39. The molecule has 1 aromatic heterocycles. The van der Waals surface area contributed by atoms with Crippen molar-refractivity contribution in [2.75, 3.05) is 19.6 Å². The van der Waals surface area contributed by atoms with Gasteiger partial charge >= 0.3 is 0 Å². The van der Waals surface area contributed by atoms with Crippen molar-refractivity contribution in [3.63, 3.8) is 0 Å². The molecule has 1 atom stereocenters. The molecule has 0 saturated carbocycles. The molecular formula is C10H15Cl2N3O2. The number of amides is 1. The third-order valence-corrected chi connectivity index (χ3v) is 2.69. The second-order valence-electron chi connectivity index (χ2n) is 3.65. The fourth-order valence-corrected chi connectivity index (χ4v) is 1.51. The summed E-state index contributed by atoms with van der Waals surface area (Å²) >= 11 is 11.4. The summed E-state index contributed by atoms with van der Waals surface area (Å²) in [6.07, 6.45) is -0.397. The first-order valence-corrected chi connectivity index (χ1v) is 5.97. The molecule has 96 valence electrons. The lowest BCUT2D eigenvalue weighted by Gasteiger charge is -2.07. The van der Waals surface area contributed by atoms with E-state index in [4.69, 9.17) is 28.3 Å². The minimum Gasteiger partial charge on any atom is -0.392 e. The Morgan fingerprint density at radius 1 is 1.53 bits per heavy atom. The highest BCUT2D eigenvalue weighted by Gasteiger charge is 2.10. The summed E-state index contributed by atoms with van der Waals surface area (Å²) < 4.78 is 0. The van der Waals surface area contributed by atoms with E-state index in [1.165, 1.54) is 6.07 Å². The first-order chi connectivity index (χ1) is 8.00. The standard InChI is InChI=1S/C10H15Cl2N3O2/c1-6(16)5-13-2-3-14-10(17)8-4-7(11)9(12)15-8/h4,6,13,15-16H,2-3,5H2,1H3,(H,14,17). The predicted molar refractivity (Wildman–Crippen MR) is 67.7 cm³/mol. The Morgan fingerprint density at radius 3 is 2.76 bits per heavy atom. The maximum atomic E-state index is 11.6. The Hall–Kier alpha value is -0.750. The highest BCUT2D eigenvalue weighted by molar-refractivity contribution is 6.41. The molecule has 0 aliphatic heterocycles. The van der Waals surface area contributed by atoms with Gasteiger partial charge in [-0.25, -0.2) is 0 Å². The van der Waals surface area contributed by atoms with Gasteiger partial charge in [0, 0.05) is 19.6 Å². The molecule has 1 aromatic rings. The van der Waals surface area contributed by atoms with Crippen LogP contribution >= 0.6 is 23.2 Å². The van der Waals surface area contributed by atoms with Crippen LogP contribution in [-0.2, 0) is 0 Å². The first-order valence-electron chi connectivity index (χ1n) is 5.21. The van der Waals surface area contributed by atoms with Gasteiger partial charge < -0.3 is 20.7 Å². The lowest BCUT2D eigenvalue weighted by molar-refractivity contribution is 0.0949. The SMILES string of the molecule is CC(O)CNCCNC(=O)c1cc(Cl)c(Cl)[nH]1. The van der Waals surface area contributed by atoms with E-state index in [2.05, 4.69) is 15.6 Å². The van der Waals surface area contributed by atoms with Gasteiger partial charge in [-0.15, -0.1) is 0 Å². The molecule has 1 unspecified atom stereocenters. The number of aromatic amines is 1. The number of aliphatic hydroxyl groups is 1. The van der Waals surface area contributed by atoms with Gasteiger partial charge in [0.15, 0.2) is 0 Å². The number of halogens is 2. The van der Waals surface area contributed by atoms with Crippen molar-refractivity contribution >= 4 is 29.1 Å². The summed E-state index contributed by atoms with van der Waals surface area (Å²) in [6.45, 7) is 3.23. The van der Waals surface area contributed by atoms with Crippen LogP contribution in [0.1, 0.15) is 17.4 Å². The van der Waals surface area contributed by atoms with Crippen LogP contribution in [0.4, 0.5) is 0 Å². The molecule has 1 amide bonds. The van der Waals surface area contributed by atoms with Crippen molar-refractivity contribution in [2.45, 2.75) is 13.0 Å². The van der Waals surface area contributed by atoms with Crippen LogP contribution in [0.5, 0.6) is 0 Å². The minimum atomic E-state index is -0.397. The van der Waals surface area contributed by atoms with Crippen molar-refractivity contribution in [1.29, 1.82) is 0 Å². The van der Waals surface area contributed by atoms with Gasteiger partial charge in [0.1, 0.15) is 10.8 Å². The fraction of sp³-hybridized carbons (Fsp3) is 0.500. The number of carbonyl (C=O) groups excluding carboxylic acids is 1. The smallest absolute Gasteiger partial charge is 0.267 e. The molecule has 0 radical (unpaired) electrons. The molecule has 0 spiro atoms. The molecule has 4 N–H and O–H groups in total. The van der Waals surface area contributed by atoms with Crippen LogP contribution in [0.3, 0.4) is 0 Å². The highest BCUT2D eigenvalue weighted by atomic mass is 35.5. The number of hydrogen-bond donors (Lipinski definition) is 4. The van der Waals surface area contributed by atoms with E-state index in [0.29, 0.717) is 30.4 Å². The number of H-pyrrole nitrogens is 1. The van der Waals surface area contributed by atoms with E-state index in [0.717, 1.165) is 0 Å². The summed E-state index contributed by atoms with van der Waals surface area (Å²) in [7, 11) is 0. The van der Waals surface area contributed by atoms with Crippen LogP contribution < -0.4 is 10.6 Å². The van der Waals surface area contributed by atoms with E-state index < -0.39 is 6.10 Å². The zero-order chi connectivity index (χ0) is 12.8. The third kappa shape index (κ3) is 4.95. The number of aliphatic hydroxyl groups excluding tert-OH is 1. The highest BCUT2D eigenvalue weighted by Crippen LogP contribution is 2.21. The average Bonchev–Trinajstić information content (AvgIpc) is 2.58. The molecule has 17 heavy (non-hydrogen) atoms. The van der Waals surface area contributed by atoms with Crippen LogP contribution in [0, 0.1) is 0 Å². The number of aromatic nitrogens is 1. The van der Waals surface area contributed by atoms with Gasteiger partial charge in [0.25, 0.3) is 5.91 Å². The second kappa shape index (κ2) is 6.86. The van der Waals surface area contributed by atoms with Crippen molar-refractivity contribution in [3.05, 3.63) is 21.9 Å². The van der Waals surface area contributed by atoms with Gasteiger partial charge in [-0.3, -0.25) is 4.79 Å². The minimum absolute atomic E-state index is 0.254. The van der Waals surface area contributed by atoms with Crippen molar-refractivity contribution in [2.24, 2.45) is 0 Å². The molecule has 5 nitrogen and oxygen atoms in total. The average molecular weight is 280 g/mol. The number of rotatable bonds is 6. The Morgan fingerprint density at radius 2 is 2.24 bits per heavy atom. The monoisotopic (exact) mass is 279 g/mol. The molecule has 1 rings (SSSR count).